The second-order valence-corrected chi connectivity index (χ2v) is 11.6. The van der Waals surface area contributed by atoms with Gasteiger partial charge in [0.05, 0.1) is 45.2 Å². The molecule has 0 aliphatic heterocycles. The Morgan fingerprint density at radius 2 is 1.19 bits per heavy atom. The van der Waals surface area contributed by atoms with Crippen molar-refractivity contribution in [2.24, 2.45) is 0 Å². The van der Waals surface area contributed by atoms with Gasteiger partial charge in [0, 0.05) is 28.2 Å². The Morgan fingerprint density at radius 3 is 1.79 bits per heavy atom. The van der Waals surface area contributed by atoms with Gasteiger partial charge in [-0.3, -0.25) is 9.97 Å². The first-order chi connectivity index (χ1) is 23.2. The molecule has 10 nitrogen and oxygen atoms in total. The highest BCUT2D eigenvalue weighted by atomic mass is 35.5. The molecule has 6 heterocycles. The van der Waals surface area contributed by atoms with E-state index in [2.05, 4.69) is 40.1 Å². The number of hydrogen-bond donors (Lipinski definition) is 0. The normalized spacial score (nSPS) is 11.8. The second kappa shape index (κ2) is 12.7. The summed E-state index contributed by atoms with van der Waals surface area (Å²) < 4.78 is 17.2. The molecule has 48 heavy (non-hydrogen) atoms. The zero-order valence-corrected chi connectivity index (χ0v) is 27.2. The molecule has 8 aromatic rings. The molecule has 0 saturated heterocycles. The van der Waals surface area contributed by atoms with Crippen molar-refractivity contribution in [3.05, 3.63) is 130 Å². The van der Waals surface area contributed by atoms with Crippen LogP contribution in [0.25, 0.3) is 57.4 Å². The summed E-state index contributed by atoms with van der Waals surface area (Å²) in [4.78, 5) is 26.6. The number of rotatable bonds is 4. The van der Waals surface area contributed by atoms with E-state index in [4.69, 9.17) is 11.6 Å². The number of pyridine rings is 2. The summed E-state index contributed by atoms with van der Waals surface area (Å²) in [5.41, 5.74) is 8.09. The number of nitrogens with zero attached hydrogens (tertiary/aromatic N) is 10. The topological polar surface area (TPSA) is 112 Å². The quantitative estimate of drug-likeness (QED) is 0.190. The van der Waals surface area contributed by atoms with Crippen LogP contribution in [0.4, 0.5) is 4.39 Å². The Kier molecular flexibility index (Phi) is 8.12. The van der Waals surface area contributed by atoms with E-state index in [0.29, 0.717) is 27.6 Å². The maximum atomic E-state index is 13.7. The van der Waals surface area contributed by atoms with E-state index in [1.165, 1.54) is 6.07 Å². The van der Waals surface area contributed by atoms with Gasteiger partial charge in [-0.1, -0.05) is 29.8 Å². The predicted octanol–water partition coefficient (Wildman–Crippen LogP) is 7.71. The van der Waals surface area contributed by atoms with Crippen molar-refractivity contribution in [3.8, 4) is 0 Å². The van der Waals surface area contributed by atoms with Crippen LogP contribution in [0.5, 0.6) is 0 Å². The summed E-state index contributed by atoms with van der Waals surface area (Å²) in [6, 6.07) is 18.0. The number of halogens is 2. The first kappa shape index (κ1) is 30.7. The van der Waals surface area contributed by atoms with Gasteiger partial charge in [0.25, 0.3) is 0 Å². The van der Waals surface area contributed by atoms with E-state index in [0.717, 1.165) is 56.4 Å². The molecule has 0 saturated carbocycles. The maximum Gasteiger partial charge on any atom is 0.177 e. The standard InChI is InChI=1S/C18H14ClN5.C18H14FN5/c1-11-10-20-12(2)18-22-17(23-24(11)18)8-7-15-6-4-13-3-5-14(19)9-16(13)21-15;1-11-10-20-12(2)18-22-17(23-24(11)18)9-7-13-6-8-14-15(19)4-3-5-16(14)21-13/h2*3-10H,1-2H3. The summed E-state index contributed by atoms with van der Waals surface area (Å²) in [6.07, 6.45) is 10.9. The van der Waals surface area contributed by atoms with Crippen LogP contribution < -0.4 is 0 Å². The van der Waals surface area contributed by atoms with Gasteiger partial charge in [-0.2, -0.15) is 0 Å². The van der Waals surface area contributed by atoms with Crippen molar-refractivity contribution < 1.29 is 4.39 Å². The minimum Gasteiger partial charge on any atom is -0.256 e. The number of fused-ring (bicyclic) bond motifs is 4. The van der Waals surface area contributed by atoms with Crippen molar-refractivity contribution >= 4 is 69.0 Å². The molecule has 12 heteroatoms. The monoisotopic (exact) mass is 654 g/mol. The molecule has 0 aliphatic rings. The first-order valence-electron chi connectivity index (χ1n) is 15.1. The van der Waals surface area contributed by atoms with Crippen LogP contribution in [0.15, 0.2) is 73.1 Å². The average molecular weight is 655 g/mol. The van der Waals surface area contributed by atoms with Gasteiger partial charge in [-0.05, 0) is 94.5 Å². The van der Waals surface area contributed by atoms with E-state index >= 15 is 0 Å². The third kappa shape index (κ3) is 6.23. The number of benzene rings is 2. The van der Waals surface area contributed by atoms with Gasteiger partial charge < -0.3 is 0 Å². The van der Waals surface area contributed by atoms with Gasteiger partial charge >= 0.3 is 0 Å². The summed E-state index contributed by atoms with van der Waals surface area (Å²) in [5.74, 6) is 0.938. The Labute approximate surface area is 279 Å². The molecule has 0 radical (unpaired) electrons. The highest BCUT2D eigenvalue weighted by Crippen LogP contribution is 2.20. The molecule has 0 aliphatic carbocycles. The first-order valence-corrected chi connectivity index (χ1v) is 15.5. The number of aryl methyl sites for hydroxylation is 4. The second-order valence-electron chi connectivity index (χ2n) is 11.2. The third-order valence-corrected chi connectivity index (χ3v) is 7.87. The fraction of sp³-hybridized carbons (Fsp3) is 0.111. The molecule has 0 N–H and O–H groups in total. The lowest BCUT2D eigenvalue weighted by atomic mass is 10.2. The molecular formula is C36H28ClFN10. The number of hydrogen-bond acceptors (Lipinski definition) is 8. The van der Waals surface area contributed by atoms with Gasteiger partial charge in [0.2, 0.25) is 0 Å². The van der Waals surface area contributed by atoms with Crippen LogP contribution in [-0.2, 0) is 0 Å². The Hall–Kier alpha value is -5.94. The smallest absolute Gasteiger partial charge is 0.177 e. The van der Waals surface area contributed by atoms with Gasteiger partial charge in [0.1, 0.15) is 5.82 Å². The zero-order chi connectivity index (χ0) is 33.4. The molecule has 0 atom stereocenters. The van der Waals surface area contributed by atoms with Crippen LogP contribution in [0.1, 0.15) is 45.8 Å². The summed E-state index contributed by atoms with van der Waals surface area (Å²) in [7, 11) is 0. The predicted molar refractivity (Wildman–Crippen MR) is 187 cm³/mol. The Bertz CT molecular complexity index is 2370. The third-order valence-electron chi connectivity index (χ3n) is 7.63. The average Bonchev–Trinajstić information content (AvgIpc) is 3.73. The fourth-order valence-electron chi connectivity index (χ4n) is 5.11. The van der Waals surface area contributed by atoms with E-state index in [9.17, 15) is 4.39 Å². The van der Waals surface area contributed by atoms with Crippen LogP contribution >= 0.6 is 11.6 Å². The maximum absolute atomic E-state index is 13.7. The van der Waals surface area contributed by atoms with E-state index in [-0.39, 0.29) is 5.82 Å². The van der Waals surface area contributed by atoms with Gasteiger partial charge in [-0.25, -0.2) is 33.4 Å². The number of aromatic nitrogens is 10. The Morgan fingerprint density at radius 1 is 0.625 bits per heavy atom. The highest BCUT2D eigenvalue weighted by molar-refractivity contribution is 6.31. The molecule has 8 rings (SSSR count). The summed E-state index contributed by atoms with van der Waals surface area (Å²) in [5, 5.41) is 11.2. The van der Waals surface area contributed by atoms with Crippen molar-refractivity contribution in [1.82, 2.24) is 49.1 Å². The Balaban J connectivity index is 0.000000152. The minimum atomic E-state index is -0.268. The lowest BCUT2D eigenvalue weighted by Crippen LogP contribution is -1.97. The zero-order valence-electron chi connectivity index (χ0n) is 26.5. The molecular weight excluding hydrogens is 627 g/mol. The molecule has 0 unspecified atom stereocenters. The van der Waals surface area contributed by atoms with Gasteiger partial charge in [0.15, 0.2) is 22.9 Å². The van der Waals surface area contributed by atoms with Crippen molar-refractivity contribution in [3.63, 3.8) is 0 Å². The molecule has 6 aromatic heterocycles. The van der Waals surface area contributed by atoms with Crippen molar-refractivity contribution in [2.45, 2.75) is 27.7 Å². The molecule has 0 amide bonds. The van der Waals surface area contributed by atoms with Crippen molar-refractivity contribution in [2.75, 3.05) is 0 Å². The largest absolute Gasteiger partial charge is 0.256 e. The van der Waals surface area contributed by atoms with Crippen molar-refractivity contribution in [1.29, 1.82) is 0 Å². The SMILES string of the molecule is Cc1ncc(C)n2nc(C=Cc3ccc4c(F)cccc4n3)nc12.Cc1ncc(C)n2nc(C=Cc3ccc4ccc(Cl)cc4n3)nc12. The lowest BCUT2D eigenvalue weighted by Gasteiger charge is -1.99. The molecule has 0 spiro atoms. The minimum absolute atomic E-state index is 0.268. The summed E-state index contributed by atoms with van der Waals surface area (Å²) in [6.45, 7) is 7.71. The van der Waals surface area contributed by atoms with Crippen LogP contribution in [-0.4, -0.2) is 49.1 Å². The highest BCUT2D eigenvalue weighted by Gasteiger charge is 2.09. The lowest BCUT2D eigenvalue weighted by molar-refractivity contribution is 0.639. The van der Waals surface area contributed by atoms with Crippen LogP contribution in [0.3, 0.4) is 0 Å². The molecule has 236 valence electrons. The van der Waals surface area contributed by atoms with Crippen LogP contribution in [0, 0.1) is 33.5 Å². The summed E-state index contributed by atoms with van der Waals surface area (Å²) >= 11 is 6.03. The van der Waals surface area contributed by atoms with E-state index in [1.54, 1.807) is 51.8 Å². The molecule has 0 bridgehead atoms. The fourth-order valence-corrected chi connectivity index (χ4v) is 5.27. The molecule has 0 fully saturated rings. The van der Waals surface area contributed by atoms with Crippen LogP contribution in [0.2, 0.25) is 5.02 Å². The van der Waals surface area contributed by atoms with Gasteiger partial charge in [-0.15, -0.1) is 10.2 Å². The van der Waals surface area contributed by atoms with E-state index in [1.807, 2.05) is 76.3 Å². The van der Waals surface area contributed by atoms with E-state index < -0.39 is 0 Å². The molecule has 2 aromatic carbocycles.